The zero-order chi connectivity index (χ0) is 13.8. The van der Waals surface area contributed by atoms with E-state index in [2.05, 4.69) is 5.10 Å². The SMILES string of the molecule is CCc1nn(CC)c(COc2cccc(Cl)c2)c1Cl. The van der Waals surface area contributed by atoms with Crippen molar-refractivity contribution in [2.45, 2.75) is 33.4 Å². The Hall–Kier alpha value is -1.19. The Balaban J connectivity index is 2.17. The highest BCUT2D eigenvalue weighted by Gasteiger charge is 2.14. The fraction of sp³-hybridized carbons (Fsp3) is 0.357. The summed E-state index contributed by atoms with van der Waals surface area (Å²) >= 11 is 12.2. The van der Waals surface area contributed by atoms with E-state index >= 15 is 0 Å². The predicted molar refractivity (Wildman–Crippen MR) is 78.1 cm³/mol. The Labute approximate surface area is 123 Å². The minimum Gasteiger partial charge on any atom is -0.487 e. The second-order valence-electron chi connectivity index (χ2n) is 4.12. The van der Waals surface area contributed by atoms with Crippen LogP contribution in [0.25, 0.3) is 0 Å². The zero-order valence-electron chi connectivity index (χ0n) is 11.0. The van der Waals surface area contributed by atoms with E-state index in [1.54, 1.807) is 6.07 Å². The molecule has 0 aliphatic rings. The van der Waals surface area contributed by atoms with Gasteiger partial charge in [0.05, 0.1) is 16.4 Å². The smallest absolute Gasteiger partial charge is 0.131 e. The standard InChI is InChI=1S/C14H16Cl2N2O/c1-3-12-14(16)13(18(4-2)17-12)9-19-11-7-5-6-10(15)8-11/h5-8H,3-4,9H2,1-2H3. The normalized spacial score (nSPS) is 10.7. The molecule has 0 saturated carbocycles. The van der Waals surface area contributed by atoms with Crippen LogP contribution in [-0.4, -0.2) is 9.78 Å². The highest BCUT2D eigenvalue weighted by atomic mass is 35.5. The summed E-state index contributed by atoms with van der Waals surface area (Å²) in [6, 6.07) is 7.32. The lowest BCUT2D eigenvalue weighted by Gasteiger charge is -2.08. The molecule has 0 N–H and O–H groups in total. The lowest BCUT2D eigenvalue weighted by molar-refractivity contribution is 0.292. The van der Waals surface area contributed by atoms with Gasteiger partial charge in [-0.25, -0.2) is 0 Å². The highest BCUT2D eigenvalue weighted by Crippen LogP contribution is 2.24. The molecular formula is C14H16Cl2N2O. The molecule has 0 saturated heterocycles. The first-order valence-corrected chi connectivity index (χ1v) is 7.03. The average molecular weight is 299 g/mol. The van der Waals surface area contributed by atoms with Crippen LogP contribution < -0.4 is 4.74 Å². The topological polar surface area (TPSA) is 27.1 Å². The average Bonchev–Trinajstić information content (AvgIpc) is 2.72. The van der Waals surface area contributed by atoms with Gasteiger partial charge in [0.2, 0.25) is 0 Å². The molecule has 102 valence electrons. The van der Waals surface area contributed by atoms with Crippen LogP contribution in [0.1, 0.15) is 25.2 Å². The summed E-state index contributed by atoms with van der Waals surface area (Å²) in [6.45, 7) is 5.23. The number of hydrogen-bond acceptors (Lipinski definition) is 2. The van der Waals surface area contributed by atoms with Crippen LogP contribution in [0.3, 0.4) is 0 Å². The maximum Gasteiger partial charge on any atom is 0.131 e. The maximum atomic E-state index is 6.32. The summed E-state index contributed by atoms with van der Waals surface area (Å²) in [7, 11) is 0. The Kier molecular flexibility index (Phi) is 4.72. The maximum absolute atomic E-state index is 6.32. The van der Waals surface area contributed by atoms with E-state index in [-0.39, 0.29) is 0 Å². The third-order valence-electron chi connectivity index (χ3n) is 2.87. The molecule has 0 amide bonds. The van der Waals surface area contributed by atoms with E-state index in [0.717, 1.165) is 30.1 Å². The van der Waals surface area contributed by atoms with Gasteiger partial charge in [0.1, 0.15) is 12.4 Å². The molecule has 0 radical (unpaired) electrons. The first-order chi connectivity index (χ1) is 9.15. The van der Waals surface area contributed by atoms with E-state index in [0.29, 0.717) is 16.7 Å². The van der Waals surface area contributed by atoms with Crippen molar-refractivity contribution in [1.82, 2.24) is 9.78 Å². The van der Waals surface area contributed by atoms with Crippen molar-refractivity contribution in [1.29, 1.82) is 0 Å². The molecule has 5 heteroatoms. The molecule has 1 heterocycles. The lowest BCUT2D eigenvalue weighted by atomic mass is 10.3. The number of halogens is 2. The Bertz CT molecular complexity index is 567. The van der Waals surface area contributed by atoms with Crippen molar-refractivity contribution in [2.75, 3.05) is 0 Å². The fourth-order valence-electron chi connectivity index (χ4n) is 1.86. The van der Waals surface area contributed by atoms with Crippen molar-refractivity contribution in [3.8, 4) is 5.75 Å². The molecule has 0 atom stereocenters. The van der Waals surface area contributed by atoms with E-state index in [1.165, 1.54) is 0 Å². The van der Waals surface area contributed by atoms with Gasteiger partial charge in [0.25, 0.3) is 0 Å². The molecule has 2 rings (SSSR count). The minimum atomic E-state index is 0.389. The van der Waals surface area contributed by atoms with Crippen LogP contribution >= 0.6 is 23.2 Å². The van der Waals surface area contributed by atoms with Gasteiger partial charge in [0, 0.05) is 11.6 Å². The number of aromatic nitrogens is 2. The molecule has 2 aromatic rings. The summed E-state index contributed by atoms with van der Waals surface area (Å²) in [4.78, 5) is 0. The van der Waals surface area contributed by atoms with Crippen LogP contribution in [0, 0.1) is 0 Å². The zero-order valence-corrected chi connectivity index (χ0v) is 12.5. The van der Waals surface area contributed by atoms with Crippen LogP contribution in [0.2, 0.25) is 10.0 Å². The quantitative estimate of drug-likeness (QED) is 0.820. The van der Waals surface area contributed by atoms with Crippen molar-refractivity contribution in [3.05, 3.63) is 45.7 Å². The van der Waals surface area contributed by atoms with Gasteiger partial charge >= 0.3 is 0 Å². The molecule has 1 aromatic carbocycles. The largest absolute Gasteiger partial charge is 0.487 e. The van der Waals surface area contributed by atoms with Crippen LogP contribution in [0.4, 0.5) is 0 Å². The number of hydrogen-bond donors (Lipinski definition) is 0. The molecule has 0 aliphatic heterocycles. The predicted octanol–water partition coefficient (Wildman–Crippen LogP) is 4.35. The van der Waals surface area contributed by atoms with Crippen LogP contribution in [0.5, 0.6) is 5.75 Å². The molecule has 19 heavy (non-hydrogen) atoms. The lowest BCUT2D eigenvalue weighted by Crippen LogP contribution is -2.06. The van der Waals surface area contributed by atoms with Gasteiger partial charge in [-0.2, -0.15) is 5.10 Å². The monoisotopic (exact) mass is 298 g/mol. The van der Waals surface area contributed by atoms with Gasteiger partial charge in [-0.15, -0.1) is 0 Å². The number of benzene rings is 1. The summed E-state index contributed by atoms with van der Waals surface area (Å²) in [5.41, 5.74) is 1.81. The van der Waals surface area contributed by atoms with Gasteiger partial charge in [-0.3, -0.25) is 4.68 Å². The van der Waals surface area contributed by atoms with Gasteiger partial charge in [-0.1, -0.05) is 36.2 Å². The first-order valence-electron chi connectivity index (χ1n) is 6.28. The molecule has 0 aliphatic carbocycles. The fourth-order valence-corrected chi connectivity index (χ4v) is 2.37. The van der Waals surface area contributed by atoms with Gasteiger partial charge in [-0.05, 0) is 31.5 Å². The van der Waals surface area contributed by atoms with E-state index in [4.69, 9.17) is 27.9 Å². The number of ether oxygens (including phenoxy) is 1. The number of rotatable bonds is 5. The molecule has 0 fully saturated rings. The summed E-state index contributed by atoms with van der Waals surface area (Å²) in [5.74, 6) is 0.727. The van der Waals surface area contributed by atoms with Crippen molar-refractivity contribution in [2.24, 2.45) is 0 Å². The molecular weight excluding hydrogens is 283 g/mol. The second-order valence-corrected chi connectivity index (χ2v) is 4.94. The third-order valence-corrected chi connectivity index (χ3v) is 3.54. The van der Waals surface area contributed by atoms with Crippen molar-refractivity contribution < 1.29 is 4.74 Å². The van der Waals surface area contributed by atoms with Gasteiger partial charge in [0.15, 0.2) is 0 Å². The number of aryl methyl sites for hydroxylation is 2. The summed E-state index contributed by atoms with van der Waals surface area (Å²) in [5, 5.41) is 5.81. The van der Waals surface area contributed by atoms with E-state index in [9.17, 15) is 0 Å². The molecule has 1 aromatic heterocycles. The molecule has 0 bridgehead atoms. The highest BCUT2D eigenvalue weighted by molar-refractivity contribution is 6.32. The summed E-state index contributed by atoms with van der Waals surface area (Å²) in [6.07, 6.45) is 0.815. The molecule has 0 unspecified atom stereocenters. The first kappa shape index (κ1) is 14.2. The molecule has 0 spiro atoms. The number of nitrogens with zero attached hydrogens (tertiary/aromatic N) is 2. The van der Waals surface area contributed by atoms with E-state index < -0.39 is 0 Å². The van der Waals surface area contributed by atoms with Crippen molar-refractivity contribution in [3.63, 3.8) is 0 Å². The van der Waals surface area contributed by atoms with E-state index in [1.807, 2.05) is 36.7 Å². The van der Waals surface area contributed by atoms with Gasteiger partial charge < -0.3 is 4.74 Å². The third kappa shape index (κ3) is 3.23. The Morgan fingerprint density at radius 2 is 2.05 bits per heavy atom. The molecule has 3 nitrogen and oxygen atoms in total. The summed E-state index contributed by atoms with van der Waals surface area (Å²) < 4.78 is 7.60. The van der Waals surface area contributed by atoms with Crippen molar-refractivity contribution >= 4 is 23.2 Å². The minimum absolute atomic E-state index is 0.389. The van der Waals surface area contributed by atoms with Crippen LogP contribution in [0.15, 0.2) is 24.3 Å². The Morgan fingerprint density at radius 1 is 1.26 bits per heavy atom. The Morgan fingerprint density at radius 3 is 2.68 bits per heavy atom. The van der Waals surface area contributed by atoms with Crippen LogP contribution in [-0.2, 0) is 19.6 Å². The second kappa shape index (κ2) is 6.31.